The summed E-state index contributed by atoms with van der Waals surface area (Å²) in [5.41, 5.74) is 0. The molecule has 0 aromatic carbocycles. The first-order valence-corrected chi connectivity index (χ1v) is 5.76. The predicted octanol–water partition coefficient (Wildman–Crippen LogP) is 1.77. The van der Waals surface area contributed by atoms with Crippen LogP contribution in [0.25, 0.3) is 0 Å². The number of hydrogen-bond acceptors (Lipinski definition) is 2. The zero-order chi connectivity index (χ0) is 9.97. The van der Waals surface area contributed by atoms with E-state index < -0.39 is 5.97 Å². The zero-order valence-corrected chi connectivity index (χ0v) is 8.54. The Morgan fingerprint density at radius 1 is 1.07 bits per heavy atom. The van der Waals surface area contributed by atoms with Crippen LogP contribution in [-0.2, 0) is 4.79 Å². The van der Waals surface area contributed by atoms with Gasteiger partial charge in [-0.1, -0.05) is 19.3 Å². The minimum atomic E-state index is -0.613. The Kier molecular flexibility index (Phi) is 3.06. The van der Waals surface area contributed by atoms with Gasteiger partial charge in [0.1, 0.15) is 0 Å². The van der Waals surface area contributed by atoms with E-state index in [0.717, 1.165) is 19.3 Å². The van der Waals surface area contributed by atoms with Gasteiger partial charge in [-0.3, -0.25) is 4.79 Å². The molecule has 2 rings (SSSR count). The summed E-state index contributed by atoms with van der Waals surface area (Å²) in [6.07, 6.45) is 8.07. The van der Waals surface area contributed by atoms with Crippen molar-refractivity contribution in [2.45, 2.75) is 57.0 Å². The van der Waals surface area contributed by atoms with Crippen LogP contribution in [0.3, 0.4) is 0 Å². The first kappa shape index (κ1) is 9.97. The second-order valence-corrected chi connectivity index (χ2v) is 4.63. The normalized spacial score (nSPS) is 33.7. The van der Waals surface area contributed by atoms with E-state index >= 15 is 0 Å². The van der Waals surface area contributed by atoms with Crippen molar-refractivity contribution in [2.24, 2.45) is 5.92 Å². The fourth-order valence-electron chi connectivity index (χ4n) is 2.85. The first-order valence-electron chi connectivity index (χ1n) is 5.76. The summed E-state index contributed by atoms with van der Waals surface area (Å²) in [6, 6.07) is 0.843. The lowest BCUT2D eigenvalue weighted by Crippen LogP contribution is -2.41. The Bertz CT molecular complexity index is 211. The predicted molar refractivity (Wildman–Crippen MR) is 54.2 cm³/mol. The third kappa shape index (κ3) is 2.08. The molecule has 2 atom stereocenters. The van der Waals surface area contributed by atoms with Crippen LogP contribution in [0.5, 0.6) is 0 Å². The van der Waals surface area contributed by atoms with E-state index in [-0.39, 0.29) is 12.0 Å². The smallest absolute Gasteiger partial charge is 0.308 e. The van der Waals surface area contributed by atoms with E-state index in [2.05, 4.69) is 5.32 Å². The van der Waals surface area contributed by atoms with Crippen LogP contribution < -0.4 is 5.32 Å². The number of aliphatic carboxylic acids is 1. The maximum absolute atomic E-state index is 10.9. The molecule has 3 nitrogen and oxygen atoms in total. The molecule has 80 valence electrons. The highest BCUT2D eigenvalue weighted by Gasteiger charge is 2.34. The topological polar surface area (TPSA) is 49.3 Å². The van der Waals surface area contributed by atoms with Gasteiger partial charge in [0.15, 0.2) is 0 Å². The third-order valence-corrected chi connectivity index (χ3v) is 3.64. The average Bonchev–Trinajstić information content (AvgIpc) is 2.75. The van der Waals surface area contributed by atoms with E-state index in [0.29, 0.717) is 6.04 Å². The molecule has 0 aromatic rings. The molecule has 0 heterocycles. The average molecular weight is 197 g/mol. The van der Waals surface area contributed by atoms with Crippen LogP contribution in [0.4, 0.5) is 0 Å². The van der Waals surface area contributed by atoms with Crippen molar-refractivity contribution in [3.63, 3.8) is 0 Å². The monoisotopic (exact) mass is 197 g/mol. The highest BCUT2D eigenvalue weighted by atomic mass is 16.4. The number of rotatable bonds is 3. The summed E-state index contributed by atoms with van der Waals surface area (Å²) >= 11 is 0. The maximum Gasteiger partial charge on any atom is 0.308 e. The van der Waals surface area contributed by atoms with Gasteiger partial charge in [-0.15, -0.1) is 0 Å². The minimum absolute atomic E-state index is 0.129. The molecule has 2 aliphatic rings. The van der Waals surface area contributed by atoms with Crippen LogP contribution in [0.1, 0.15) is 44.9 Å². The summed E-state index contributed by atoms with van der Waals surface area (Å²) in [5.74, 6) is -0.742. The highest BCUT2D eigenvalue weighted by Crippen LogP contribution is 2.28. The molecular formula is C11H19NO2. The molecule has 2 fully saturated rings. The summed E-state index contributed by atoms with van der Waals surface area (Å²) in [7, 11) is 0. The lowest BCUT2D eigenvalue weighted by atomic mass is 10.0. The van der Waals surface area contributed by atoms with E-state index in [1.807, 2.05) is 0 Å². The van der Waals surface area contributed by atoms with Crippen molar-refractivity contribution >= 4 is 5.97 Å². The second kappa shape index (κ2) is 4.30. The molecule has 0 radical (unpaired) electrons. The van der Waals surface area contributed by atoms with Gasteiger partial charge in [-0.05, 0) is 25.7 Å². The molecule has 0 unspecified atom stereocenters. The quantitative estimate of drug-likeness (QED) is 0.725. The summed E-state index contributed by atoms with van der Waals surface area (Å²) in [4.78, 5) is 10.9. The molecule has 0 amide bonds. The Hall–Kier alpha value is -0.570. The van der Waals surface area contributed by atoms with E-state index in [1.165, 1.54) is 25.7 Å². The van der Waals surface area contributed by atoms with Gasteiger partial charge in [0, 0.05) is 12.1 Å². The van der Waals surface area contributed by atoms with Crippen LogP contribution in [0.15, 0.2) is 0 Å². The van der Waals surface area contributed by atoms with Gasteiger partial charge in [-0.25, -0.2) is 0 Å². The molecule has 14 heavy (non-hydrogen) atoms. The van der Waals surface area contributed by atoms with Gasteiger partial charge in [0.05, 0.1) is 5.92 Å². The molecular weight excluding hydrogens is 178 g/mol. The molecule has 2 saturated carbocycles. The van der Waals surface area contributed by atoms with Crippen LogP contribution in [0.2, 0.25) is 0 Å². The Labute approximate surface area is 84.9 Å². The SMILES string of the molecule is O=C(O)[C@@H]1CCC[C@H]1NC1CCCC1. The van der Waals surface area contributed by atoms with Gasteiger partial charge in [0.25, 0.3) is 0 Å². The fourth-order valence-corrected chi connectivity index (χ4v) is 2.85. The molecule has 3 heteroatoms. The summed E-state index contributed by atoms with van der Waals surface area (Å²) in [5, 5.41) is 12.5. The maximum atomic E-state index is 10.9. The molecule has 0 saturated heterocycles. The van der Waals surface area contributed by atoms with E-state index in [9.17, 15) is 4.79 Å². The Morgan fingerprint density at radius 3 is 2.43 bits per heavy atom. The number of carboxylic acids is 1. The van der Waals surface area contributed by atoms with Gasteiger partial charge in [0.2, 0.25) is 0 Å². The molecule has 0 bridgehead atoms. The van der Waals surface area contributed by atoms with Crippen molar-refractivity contribution in [3.05, 3.63) is 0 Å². The first-order chi connectivity index (χ1) is 6.77. The Balaban J connectivity index is 1.86. The van der Waals surface area contributed by atoms with E-state index in [1.54, 1.807) is 0 Å². The lowest BCUT2D eigenvalue weighted by Gasteiger charge is -2.22. The van der Waals surface area contributed by atoms with Crippen molar-refractivity contribution in [2.75, 3.05) is 0 Å². The third-order valence-electron chi connectivity index (χ3n) is 3.64. The van der Waals surface area contributed by atoms with Gasteiger partial charge < -0.3 is 10.4 Å². The highest BCUT2D eigenvalue weighted by molar-refractivity contribution is 5.71. The van der Waals surface area contributed by atoms with Gasteiger partial charge >= 0.3 is 5.97 Å². The van der Waals surface area contributed by atoms with Crippen molar-refractivity contribution < 1.29 is 9.90 Å². The molecule has 0 aliphatic heterocycles. The molecule has 2 aliphatic carbocycles. The minimum Gasteiger partial charge on any atom is -0.481 e. The number of nitrogens with one attached hydrogen (secondary N) is 1. The van der Waals surface area contributed by atoms with Crippen molar-refractivity contribution in [3.8, 4) is 0 Å². The van der Waals surface area contributed by atoms with Crippen LogP contribution >= 0.6 is 0 Å². The van der Waals surface area contributed by atoms with Gasteiger partial charge in [-0.2, -0.15) is 0 Å². The number of hydrogen-bond donors (Lipinski definition) is 2. The largest absolute Gasteiger partial charge is 0.481 e. The molecule has 2 N–H and O–H groups in total. The number of carboxylic acid groups (broad SMARTS) is 1. The van der Waals surface area contributed by atoms with Crippen LogP contribution in [0, 0.1) is 5.92 Å². The lowest BCUT2D eigenvalue weighted by molar-refractivity contribution is -0.142. The Morgan fingerprint density at radius 2 is 1.79 bits per heavy atom. The summed E-state index contributed by atoms with van der Waals surface area (Å²) < 4.78 is 0. The van der Waals surface area contributed by atoms with E-state index in [4.69, 9.17) is 5.11 Å². The van der Waals surface area contributed by atoms with Crippen LogP contribution in [-0.4, -0.2) is 23.2 Å². The zero-order valence-electron chi connectivity index (χ0n) is 8.54. The van der Waals surface area contributed by atoms with Crippen molar-refractivity contribution in [1.29, 1.82) is 0 Å². The standard InChI is InChI=1S/C11H19NO2/c13-11(14)9-6-3-7-10(9)12-8-4-1-2-5-8/h8-10,12H,1-7H2,(H,13,14)/t9-,10-/m1/s1. The second-order valence-electron chi connectivity index (χ2n) is 4.63. The van der Waals surface area contributed by atoms with Crippen molar-refractivity contribution in [1.82, 2.24) is 5.32 Å². The molecule has 0 aromatic heterocycles. The fraction of sp³-hybridized carbons (Fsp3) is 0.909. The molecule has 0 spiro atoms. The number of carbonyl (C=O) groups is 1. The summed E-state index contributed by atoms with van der Waals surface area (Å²) in [6.45, 7) is 0.